The molecule has 3 rings (SSSR count). The molecule has 0 aliphatic heterocycles. The maximum absolute atomic E-state index is 11.8. The third-order valence-electron chi connectivity index (χ3n) is 2.49. The Morgan fingerprint density at radius 3 is 3.17 bits per heavy atom. The lowest BCUT2D eigenvalue weighted by Crippen LogP contribution is -2.13. The molecule has 0 aliphatic carbocycles. The second-order valence-corrected chi connectivity index (χ2v) is 4.85. The van der Waals surface area contributed by atoms with Gasteiger partial charge in [-0.3, -0.25) is 9.20 Å². The minimum atomic E-state index is -0.0233. The van der Waals surface area contributed by atoms with Crippen molar-refractivity contribution in [1.82, 2.24) is 14.6 Å². The Morgan fingerprint density at radius 1 is 1.39 bits per heavy atom. The fourth-order valence-electron chi connectivity index (χ4n) is 1.68. The van der Waals surface area contributed by atoms with E-state index in [1.807, 2.05) is 29.6 Å². The van der Waals surface area contributed by atoms with Crippen LogP contribution in [0.4, 0.5) is 5.69 Å². The van der Waals surface area contributed by atoms with Crippen molar-refractivity contribution in [1.29, 1.82) is 0 Å². The molecule has 90 valence electrons. The van der Waals surface area contributed by atoms with Crippen molar-refractivity contribution >= 4 is 28.6 Å². The number of carbonyl (C=O) groups is 1. The monoisotopic (exact) mass is 258 g/mol. The summed E-state index contributed by atoms with van der Waals surface area (Å²) in [5.41, 5.74) is 1.50. The number of hydrogen-bond acceptors (Lipinski definition) is 4. The van der Waals surface area contributed by atoms with Crippen LogP contribution in [0, 0.1) is 0 Å². The van der Waals surface area contributed by atoms with Crippen molar-refractivity contribution in [3.63, 3.8) is 0 Å². The van der Waals surface area contributed by atoms with Gasteiger partial charge in [-0.1, -0.05) is 6.07 Å². The lowest BCUT2D eigenvalue weighted by atomic mass is 10.3. The van der Waals surface area contributed by atoms with E-state index >= 15 is 0 Å². The fourth-order valence-corrected chi connectivity index (χ4v) is 2.38. The zero-order valence-electron chi connectivity index (χ0n) is 9.41. The molecule has 0 aliphatic rings. The highest BCUT2D eigenvalue weighted by Crippen LogP contribution is 2.12. The number of nitrogens with zero attached hydrogens (tertiary/aromatic N) is 3. The third kappa shape index (κ3) is 2.23. The summed E-state index contributed by atoms with van der Waals surface area (Å²) in [5.74, 6) is -0.0233. The Morgan fingerprint density at radius 2 is 2.33 bits per heavy atom. The zero-order valence-corrected chi connectivity index (χ0v) is 10.2. The van der Waals surface area contributed by atoms with Gasteiger partial charge in [0.2, 0.25) is 5.91 Å². The highest BCUT2D eigenvalue weighted by molar-refractivity contribution is 7.10. The van der Waals surface area contributed by atoms with E-state index in [-0.39, 0.29) is 5.91 Å². The molecule has 1 N–H and O–H groups in total. The Labute approximate surface area is 107 Å². The number of anilines is 1. The molecule has 1 amide bonds. The van der Waals surface area contributed by atoms with Crippen molar-refractivity contribution in [3.8, 4) is 0 Å². The first-order valence-electron chi connectivity index (χ1n) is 5.43. The quantitative estimate of drug-likeness (QED) is 0.781. The smallest absolute Gasteiger partial charge is 0.229 e. The standard InChI is InChI=1S/C12H10N4OS/c17-12(6-10-2-1-5-18-10)14-9-3-4-11-15-13-8-16(11)7-9/h1-5,7-8H,6H2,(H,14,17). The van der Waals surface area contributed by atoms with Crippen LogP contribution in [0.2, 0.25) is 0 Å². The predicted octanol–water partition coefficient (Wildman–Crippen LogP) is 1.97. The van der Waals surface area contributed by atoms with Gasteiger partial charge in [-0.15, -0.1) is 21.5 Å². The van der Waals surface area contributed by atoms with Gasteiger partial charge in [-0.25, -0.2) is 0 Å². The number of carbonyl (C=O) groups excluding carboxylic acids is 1. The van der Waals surface area contributed by atoms with Crippen LogP contribution in [-0.4, -0.2) is 20.5 Å². The summed E-state index contributed by atoms with van der Waals surface area (Å²) in [6.07, 6.45) is 3.80. The van der Waals surface area contributed by atoms with E-state index in [4.69, 9.17) is 0 Å². The third-order valence-corrected chi connectivity index (χ3v) is 3.37. The van der Waals surface area contributed by atoms with E-state index in [0.29, 0.717) is 6.42 Å². The molecule has 0 spiro atoms. The molecule has 0 radical (unpaired) electrons. The molecule has 18 heavy (non-hydrogen) atoms. The molecule has 0 aromatic carbocycles. The molecule has 0 fully saturated rings. The van der Waals surface area contributed by atoms with E-state index in [2.05, 4.69) is 15.5 Å². The number of rotatable bonds is 3. The molecule has 3 heterocycles. The predicted molar refractivity (Wildman–Crippen MR) is 69.6 cm³/mol. The van der Waals surface area contributed by atoms with Crippen LogP contribution in [0.3, 0.4) is 0 Å². The zero-order chi connectivity index (χ0) is 12.4. The molecule has 5 nitrogen and oxygen atoms in total. The van der Waals surface area contributed by atoms with Crippen molar-refractivity contribution in [2.75, 3.05) is 5.32 Å². The number of nitrogens with one attached hydrogen (secondary N) is 1. The SMILES string of the molecule is O=C(Cc1cccs1)Nc1ccc2nncn2c1. The van der Waals surface area contributed by atoms with E-state index in [1.165, 1.54) is 0 Å². The Bertz CT molecular complexity index is 674. The summed E-state index contributed by atoms with van der Waals surface area (Å²) in [6, 6.07) is 7.52. The molecule has 0 unspecified atom stereocenters. The summed E-state index contributed by atoms with van der Waals surface area (Å²) in [7, 11) is 0. The summed E-state index contributed by atoms with van der Waals surface area (Å²) in [5, 5.41) is 12.5. The summed E-state index contributed by atoms with van der Waals surface area (Å²) >= 11 is 1.58. The van der Waals surface area contributed by atoms with Gasteiger partial charge in [-0.05, 0) is 23.6 Å². The van der Waals surface area contributed by atoms with Crippen LogP contribution in [0.25, 0.3) is 5.65 Å². The van der Waals surface area contributed by atoms with Crippen molar-refractivity contribution in [2.45, 2.75) is 6.42 Å². The molecular weight excluding hydrogens is 248 g/mol. The van der Waals surface area contributed by atoms with Crippen LogP contribution in [0.15, 0.2) is 42.2 Å². The molecule has 0 bridgehead atoms. The van der Waals surface area contributed by atoms with E-state index in [0.717, 1.165) is 16.2 Å². The first-order chi connectivity index (χ1) is 8.81. The first kappa shape index (κ1) is 10.9. The van der Waals surface area contributed by atoms with Gasteiger partial charge in [-0.2, -0.15) is 0 Å². The number of thiophene rings is 1. The molecule has 3 aromatic heterocycles. The van der Waals surface area contributed by atoms with Crippen molar-refractivity contribution < 1.29 is 4.79 Å². The molecule has 3 aromatic rings. The molecule has 6 heteroatoms. The summed E-state index contributed by atoms with van der Waals surface area (Å²) in [4.78, 5) is 12.9. The lowest BCUT2D eigenvalue weighted by Gasteiger charge is -2.04. The van der Waals surface area contributed by atoms with Crippen LogP contribution >= 0.6 is 11.3 Å². The van der Waals surface area contributed by atoms with Crippen LogP contribution in [0.5, 0.6) is 0 Å². The average Bonchev–Trinajstić information content (AvgIpc) is 2.98. The van der Waals surface area contributed by atoms with Gasteiger partial charge in [0.15, 0.2) is 5.65 Å². The summed E-state index contributed by atoms with van der Waals surface area (Å²) in [6.45, 7) is 0. The topological polar surface area (TPSA) is 59.3 Å². The number of aromatic nitrogens is 3. The largest absolute Gasteiger partial charge is 0.324 e. The van der Waals surface area contributed by atoms with Gasteiger partial charge in [0.1, 0.15) is 6.33 Å². The van der Waals surface area contributed by atoms with Crippen molar-refractivity contribution in [2.24, 2.45) is 0 Å². The Hall–Kier alpha value is -2.21. The first-order valence-corrected chi connectivity index (χ1v) is 6.31. The number of amides is 1. The van der Waals surface area contributed by atoms with E-state index in [1.54, 1.807) is 28.3 Å². The van der Waals surface area contributed by atoms with Crippen LogP contribution in [-0.2, 0) is 11.2 Å². The minimum absolute atomic E-state index is 0.0233. The number of pyridine rings is 1. The Kier molecular flexibility index (Phi) is 2.77. The molecular formula is C12H10N4OS. The average molecular weight is 258 g/mol. The lowest BCUT2D eigenvalue weighted by molar-refractivity contribution is -0.115. The number of hydrogen-bond donors (Lipinski definition) is 1. The van der Waals surface area contributed by atoms with Gasteiger partial charge >= 0.3 is 0 Å². The minimum Gasteiger partial charge on any atom is -0.324 e. The second-order valence-electron chi connectivity index (χ2n) is 3.82. The molecule has 0 saturated heterocycles. The van der Waals surface area contributed by atoms with Gasteiger partial charge in [0, 0.05) is 11.1 Å². The second kappa shape index (κ2) is 4.58. The van der Waals surface area contributed by atoms with Gasteiger partial charge in [0.05, 0.1) is 12.1 Å². The maximum atomic E-state index is 11.8. The summed E-state index contributed by atoms with van der Waals surface area (Å²) < 4.78 is 1.76. The molecule has 0 atom stereocenters. The van der Waals surface area contributed by atoms with Crippen LogP contribution in [0.1, 0.15) is 4.88 Å². The molecule has 0 saturated carbocycles. The van der Waals surface area contributed by atoms with E-state index in [9.17, 15) is 4.79 Å². The highest BCUT2D eigenvalue weighted by Gasteiger charge is 2.05. The number of fused-ring (bicyclic) bond motifs is 1. The van der Waals surface area contributed by atoms with Crippen LogP contribution < -0.4 is 5.32 Å². The Balaban J connectivity index is 1.73. The fraction of sp³-hybridized carbons (Fsp3) is 0.0833. The van der Waals surface area contributed by atoms with Gasteiger partial charge < -0.3 is 5.32 Å². The van der Waals surface area contributed by atoms with Crippen molar-refractivity contribution in [3.05, 3.63) is 47.0 Å². The normalized spacial score (nSPS) is 10.7. The maximum Gasteiger partial charge on any atom is 0.229 e. The highest BCUT2D eigenvalue weighted by atomic mass is 32.1. The van der Waals surface area contributed by atoms with E-state index < -0.39 is 0 Å². The van der Waals surface area contributed by atoms with Gasteiger partial charge in [0.25, 0.3) is 0 Å².